The summed E-state index contributed by atoms with van der Waals surface area (Å²) in [7, 11) is 2.28. The van der Waals surface area contributed by atoms with Gasteiger partial charge in [-0.2, -0.15) is 0 Å². The lowest BCUT2D eigenvalue weighted by Crippen LogP contribution is -2.39. The summed E-state index contributed by atoms with van der Waals surface area (Å²) in [5, 5.41) is 0. The van der Waals surface area contributed by atoms with Gasteiger partial charge in [-0.3, -0.25) is 0 Å². The molecular weight excluding hydrogens is 134 g/mol. The van der Waals surface area contributed by atoms with Gasteiger partial charge in [-0.05, 0) is 37.6 Å². The summed E-state index contributed by atoms with van der Waals surface area (Å²) in [5.74, 6) is 3.17. The molecule has 1 aliphatic heterocycles. The van der Waals surface area contributed by atoms with Gasteiger partial charge in [0.2, 0.25) is 0 Å². The molecule has 0 aromatic rings. The SMILES string of the molecule is CC[C@@H]1[C@@H]2CC[C@H]1CN(C)C2. The Labute approximate surface area is 69.8 Å². The summed E-state index contributed by atoms with van der Waals surface area (Å²) in [4.78, 5) is 2.52. The molecule has 0 aromatic carbocycles. The van der Waals surface area contributed by atoms with Gasteiger partial charge in [0.05, 0.1) is 0 Å². The van der Waals surface area contributed by atoms with Gasteiger partial charge in [-0.1, -0.05) is 13.3 Å². The van der Waals surface area contributed by atoms with E-state index in [0.717, 1.165) is 17.8 Å². The molecule has 0 unspecified atom stereocenters. The fourth-order valence-electron chi connectivity index (χ4n) is 3.24. The first-order valence-electron chi connectivity index (χ1n) is 4.99. The van der Waals surface area contributed by atoms with Crippen molar-refractivity contribution in [3.8, 4) is 0 Å². The summed E-state index contributed by atoms with van der Waals surface area (Å²) in [6.45, 7) is 5.10. The topological polar surface area (TPSA) is 3.24 Å². The van der Waals surface area contributed by atoms with E-state index in [1.807, 2.05) is 0 Å². The molecule has 11 heavy (non-hydrogen) atoms. The Morgan fingerprint density at radius 3 is 2.18 bits per heavy atom. The van der Waals surface area contributed by atoms with Crippen molar-refractivity contribution >= 4 is 0 Å². The van der Waals surface area contributed by atoms with Crippen molar-refractivity contribution in [2.75, 3.05) is 20.1 Å². The molecule has 0 amide bonds. The highest BCUT2D eigenvalue weighted by Crippen LogP contribution is 2.42. The highest BCUT2D eigenvalue weighted by atomic mass is 15.1. The van der Waals surface area contributed by atoms with E-state index < -0.39 is 0 Å². The first kappa shape index (κ1) is 7.60. The first-order chi connectivity index (χ1) is 5.31. The van der Waals surface area contributed by atoms with Crippen LogP contribution in [0.1, 0.15) is 26.2 Å². The lowest BCUT2D eigenvalue weighted by atomic mass is 9.83. The van der Waals surface area contributed by atoms with Crippen molar-refractivity contribution < 1.29 is 0 Å². The number of rotatable bonds is 1. The molecule has 1 nitrogen and oxygen atoms in total. The molecular formula is C10H19N. The van der Waals surface area contributed by atoms with E-state index in [1.54, 1.807) is 0 Å². The largest absolute Gasteiger partial charge is 0.306 e. The van der Waals surface area contributed by atoms with E-state index in [0.29, 0.717) is 0 Å². The highest BCUT2D eigenvalue weighted by molar-refractivity contribution is 4.90. The van der Waals surface area contributed by atoms with Crippen molar-refractivity contribution in [3.63, 3.8) is 0 Å². The van der Waals surface area contributed by atoms with Crippen LogP contribution in [0.3, 0.4) is 0 Å². The zero-order valence-electron chi connectivity index (χ0n) is 7.71. The molecule has 0 radical (unpaired) electrons. The molecule has 1 heteroatoms. The minimum Gasteiger partial charge on any atom is -0.306 e. The van der Waals surface area contributed by atoms with Gasteiger partial charge in [0.15, 0.2) is 0 Å². The third-order valence-electron chi connectivity index (χ3n) is 3.68. The zero-order chi connectivity index (χ0) is 7.84. The van der Waals surface area contributed by atoms with Crippen LogP contribution in [-0.2, 0) is 0 Å². The fourth-order valence-corrected chi connectivity index (χ4v) is 3.24. The van der Waals surface area contributed by atoms with Gasteiger partial charge in [0.1, 0.15) is 0 Å². The van der Waals surface area contributed by atoms with Gasteiger partial charge in [0.25, 0.3) is 0 Å². The van der Waals surface area contributed by atoms with Crippen molar-refractivity contribution in [1.82, 2.24) is 4.90 Å². The summed E-state index contributed by atoms with van der Waals surface area (Å²) < 4.78 is 0. The van der Waals surface area contributed by atoms with Gasteiger partial charge in [-0.25, -0.2) is 0 Å². The highest BCUT2D eigenvalue weighted by Gasteiger charge is 2.39. The summed E-state index contributed by atoms with van der Waals surface area (Å²) in [6.07, 6.45) is 4.43. The van der Waals surface area contributed by atoms with Crippen molar-refractivity contribution in [3.05, 3.63) is 0 Å². The van der Waals surface area contributed by atoms with E-state index in [2.05, 4.69) is 18.9 Å². The van der Waals surface area contributed by atoms with Crippen molar-refractivity contribution in [2.24, 2.45) is 17.8 Å². The second-order valence-electron chi connectivity index (χ2n) is 4.39. The second-order valence-corrected chi connectivity index (χ2v) is 4.39. The van der Waals surface area contributed by atoms with Crippen LogP contribution < -0.4 is 0 Å². The fraction of sp³-hybridized carbons (Fsp3) is 1.00. The predicted octanol–water partition coefficient (Wildman–Crippen LogP) is 1.98. The van der Waals surface area contributed by atoms with Crippen LogP contribution in [-0.4, -0.2) is 25.0 Å². The van der Waals surface area contributed by atoms with Crippen molar-refractivity contribution in [2.45, 2.75) is 26.2 Å². The summed E-state index contributed by atoms with van der Waals surface area (Å²) in [6, 6.07) is 0. The molecule has 3 atom stereocenters. The smallest absolute Gasteiger partial charge is 0.000948 e. The molecule has 1 saturated carbocycles. The zero-order valence-corrected chi connectivity index (χ0v) is 7.71. The molecule has 0 spiro atoms. The maximum absolute atomic E-state index is 2.52. The predicted molar refractivity (Wildman–Crippen MR) is 47.5 cm³/mol. The van der Waals surface area contributed by atoms with Gasteiger partial charge >= 0.3 is 0 Å². The molecule has 64 valence electrons. The normalized spacial score (nSPS) is 44.7. The Hall–Kier alpha value is -0.0400. The minimum absolute atomic E-state index is 1.05. The number of piperidine rings is 1. The standard InChI is InChI=1S/C10H19N/c1-3-10-8-4-5-9(10)7-11(2)6-8/h8-10H,3-7H2,1-2H3/t8-,9+,10-. The lowest BCUT2D eigenvalue weighted by Gasteiger charge is -2.35. The van der Waals surface area contributed by atoms with Crippen molar-refractivity contribution in [1.29, 1.82) is 0 Å². The Bertz CT molecular complexity index is 130. The molecule has 1 saturated heterocycles. The second kappa shape index (κ2) is 2.78. The Balaban J connectivity index is 2.06. The van der Waals surface area contributed by atoms with Gasteiger partial charge in [-0.15, -0.1) is 0 Å². The van der Waals surface area contributed by atoms with E-state index >= 15 is 0 Å². The number of fused-ring (bicyclic) bond motifs is 2. The molecule has 2 fully saturated rings. The summed E-state index contributed by atoms with van der Waals surface area (Å²) in [5.41, 5.74) is 0. The number of hydrogen-bond donors (Lipinski definition) is 0. The molecule has 2 rings (SSSR count). The lowest BCUT2D eigenvalue weighted by molar-refractivity contribution is 0.130. The molecule has 2 bridgehead atoms. The molecule has 1 heterocycles. The first-order valence-corrected chi connectivity index (χ1v) is 4.99. The summed E-state index contributed by atoms with van der Waals surface area (Å²) >= 11 is 0. The average Bonchev–Trinajstić information content (AvgIpc) is 2.23. The van der Waals surface area contributed by atoms with Gasteiger partial charge < -0.3 is 4.90 Å². The minimum atomic E-state index is 1.05. The maximum atomic E-state index is 2.52. The van der Waals surface area contributed by atoms with Crippen LogP contribution in [0.4, 0.5) is 0 Å². The Morgan fingerprint density at radius 1 is 1.18 bits per heavy atom. The van der Waals surface area contributed by atoms with Crippen LogP contribution in [0.25, 0.3) is 0 Å². The quantitative estimate of drug-likeness (QED) is 0.557. The van der Waals surface area contributed by atoms with Crippen LogP contribution in [0.5, 0.6) is 0 Å². The Morgan fingerprint density at radius 2 is 1.73 bits per heavy atom. The van der Waals surface area contributed by atoms with E-state index in [1.165, 1.54) is 32.4 Å². The molecule has 0 N–H and O–H groups in total. The number of likely N-dealkylation sites (tertiary alicyclic amines) is 1. The third kappa shape index (κ3) is 1.20. The number of hydrogen-bond acceptors (Lipinski definition) is 1. The third-order valence-corrected chi connectivity index (χ3v) is 3.68. The van der Waals surface area contributed by atoms with Crippen LogP contribution in [0.2, 0.25) is 0 Å². The molecule has 1 aliphatic carbocycles. The molecule has 0 aromatic heterocycles. The van der Waals surface area contributed by atoms with E-state index in [4.69, 9.17) is 0 Å². The van der Waals surface area contributed by atoms with Crippen LogP contribution in [0, 0.1) is 17.8 Å². The van der Waals surface area contributed by atoms with E-state index in [-0.39, 0.29) is 0 Å². The van der Waals surface area contributed by atoms with Crippen LogP contribution >= 0.6 is 0 Å². The maximum Gasteiger partial charge on any atom is 0.000948 e. The van der Waals surface area contributed by atoms with Gasteiger partial charge in [0, 0.05) is 13.1 Å². The monoisotopic (exact) mass is 153 g/mol. The average molecular weight is 153 g/mol. The number of nitrogens with zero attached hydrogens (tertiary/aromatic N) is 1. The van der Waals surface area contributed by atoms with E-state index in [9.17, 15) is 0 Å². The molecule has 2 aliphatic rings. The van der Waals surface area contributed by atoms with Crippen LogP contribution in [0.15, 0.2) is 0 Å². The Kier molecular flexibility index (Phi) is 1.92.